The van der Waals surface area contributed by atoms with Crippen LogP contribution in [0.15, 0.2) is 6.33 Å². The van der Waals surface area contributed by atoms with Crippen LogP contribution in [0.25, 0.3) is 11.2 Å². The number of anilines is 1. The van der Waals surface area contributed by atoms with Crippen LogP contribution in [0.5, 0.6) is 0 Å². The molecule has 0 bridgehead atoms. The first-order valence-electron chi connectivity index (χ1n) is 7.46. The first-order chi connectivity index (χ1) is 10.9. The van der Waals surface area contributed by atoms with E-state index in [0.29, 0.717) is 23.4 Å². The first kappa shape index (κ1) is 14.8. The SMILES string of the molecule is COC1C2OC(C)(C)OC2CC(O)c2nc3c(N)ncnc3n21. The van der Waals surface area contributed by atoms with Crippen LogP contribution >= 0.6 is 0 Å². The Morgan fingerprint density at radius 2 is 2.17 bits per heavy atom. The zero-order valence-electron chi connectivity index (χ0n) is 13.1. The summed E-state index contributed by atoms with van der Waals surface area (Å²) in [7, 11) is 1.58. The minimum atomic E-state index is -0.839. The first-order valence-corrected chi connectivity index (χ1v) is 7.46. The molecular formula is C14H19N5O4. The fraction of sp³-hybridized carbons (Fsp3) is 0.643. The molecule has 4 atom stereocenters. The molecule has 4 rings (SSSR count). The van der Waals surface area contributed by atoms with Gasteiger partial charge in [-0.25, -0.2) is 15.0 Å². The van der Waals surface area contributed by atoms with Gasteiger partial charge in [0.15, 0.2) is 29.0 Å². The number of ether oxygens (including phenoxy) is 3. The highest BCUT2D eigenvalue weighted by Gasteiger charge is 2.50. The number of hydrogen-bond acceptors (Lipinski definition) is 8. The molecule has 2 aliphatic heterocycles. The van der Waals surface area contributed by atoms with E-state index in [1.54, 1.807) is 11.7 Å². The number of fused-ring (bicyclic) bond motifs is 4. The summed E-state index contributed by atoms with van der Waals surface area (Å²) < 4.78 is 19.3. The molecule has 0 radical (unpaired) electrons. The van der Waals surface area contributed by atoms with E-state index in [1.165, 1.54) is 6.33 Å². The highest BCUT2D eigenvalue weighted by atomic mass is 16.8. The Hall–Kier alpha value is -1.81. The van der Waals surface area contributed by atoms with Crippen LogP contribution in [-0.2, 0) is 14.2 Å². The molecule has 124 valence electrons. The van der Waals surface area contributed by atoms with Crippen molar-refractivity contribution in [2.45, 2.75) is 50.6 Å². The van der Waals surface area contributed by atoms with Gasteiger partial charge in [0, 0.05) is 13.5 Å². The number of aromatic nitrogens is 4. The van der Waals surface area contributed by atoms with Crippen LogP contribution in [0, 0.1) is 0 Å². The average molecular weight is 321 g/mol. The number of aliphatic hydroxyl groups excluding tert-OH is 1. The highest BCUT2D eigenvalue weighted by molar-refractivity contribution is 5.82. The predicted molar refractivity (Wildman–Crippen MR) is 79.2 cm³/mol. The minimum Gasteiger partial charge on any atom is -0.385 e. The molecule has 9 heteroatoms. The third-order valence-electron chi connectivity index (χ3n) is 4.28. The van der Waals surface area contributed by atoms with E-state index < -0.39 is 18.1 Å². The summed E-state index contributed by atoms with van der Waals surface area (Å²) in [6.45, 7) is 3.68. The number of nitrogen functional groups attached to an aromatic ring is 1. The van der Waals surface area contributed by atoms with E-state index in [1.807, 2.05) is 13.8 Å². The van der Waals surface area contributed by atoms with Crippen molar-refractivity contribution in [2.75, 3.05) is 12.8 Å². The monoisotopic (exact) mass is 321 g/mol. The van der Waals surface area contributed by atoms with Crippen LogP contribution in [-0.4, -0.2) is 49.7 Å². The van der Waals surface area contributed by atoms with Gasteiger partial charge in [-0.15, -0.1) is 0 Å². The lowest BCUT2D eigenvalue weighted by atomic mass is 10.1. The maximum Gasteiger partial charge on any atom is 0.167 e. The molecule has 4 unspecified atom stereocenters. The second kappa shape index (κ2) is 4.84. The van der Waals surface area contributed by atoms with E-state index in [0.717, 1.165) is 0 Å². The number of rotatable bonds is 1. The van der Waals surface area contributed by atoms with E-state index in [9.17, 15) is 5.11 Å². The number of aliphatic hydroxyl groups is 1. The minimum absolute atomic E-state index is 0.262. The summed E-state index contributed by atoms with van der Waals surface area (Å²) in [5.41, 5.74) is 6.84. The fourth-order valence-electron chi connectivity index (χ4n) is 3.43. The van der Waals surface area contributed by atoms with Gasteiger partial charge in [-0.2, -0.15) is 0 Å². The standard InChI is InChI=1S/C14H19N5O4/c1-14(2)22-7-4-6(20)11-18-8-10(15)16-5-17-12(8)19(11)13(21-3)9(7)23-14/h5-7,9,13,20H,4H2,1-3H3,(H2,15,16,17). The zero-order chi connectivity index (χ0) is 16.4. The normalized spacial score (nSPS) is 32.5. The Bertz CT molecular complexity index is 761. The van der Waals surface area contributed by atoms with Gasteiger partial charge in [-0.05, 0) is 13.8 Å². The summed E-state index contributed by atoms with van der Waals surface area (Å²) in [6, 6.07) is 0. The van der Waals surface area contributed by atoms with Crippen molar-refractivity contribution >= 4 is 17.0 Å². The average Bonchev–Trinajstić information content (AvgIpc) is 2.97. The Kier molecular flexibility index (Phi) is 3.11. The highest BCUT2D eigenvalue weighted by Crippen LogP contribution is 2.43. The Morgan fingerprint density at radius 3 is 2.91 bits per heavy atom. The maximum atomic E-state index is 10.6. The molecule has 9 nitrogen and oxygen atoms in total. The van der Waals surface area contributed by atoms with Crippen molar-refractivity contribution in [3.8, 4) is 0 Å². The van der Waals surface area contributed by atoms with Gasteiger partial charge in [0.25, 0.3) is 0 Å². The lowest BCUT2D eigenvalue weighted by Crippen LogP contribution is -2.33. The molecule has 3 N–H and O–H groups in total. The molecular weight excluding hydrogens is 302 g/mol. The molecule has 2 aliphatic rings. The number of nitrogens with zero attached hydrogens (tertiary/aromatic N) is 4. The van der Waals surface area contributed by atoms with Crippen molar-refractivity contribution in [3.63, 3.8) is 0 Å². The second-order valence-electron chi connectivity index (χ2n) is 6.29. The number of imidazole rings is 1. The van der Waals surface area contributed by atoms with Gasteiger partial charge in [0.2, 0.25) is 0 Å². The predicted octanol–water partition coefficient (Wildman–Crippen LogP) is 0.511. The third-order valence-corrected chi connectivity index (χ3v) is 4.28. The lowest BCUT2D eigenvalue weighted by molar-refractivity contribution is -0.167. The van der Waals surface area contributed by atoms with Gasteiger partial charge in [-0.3, -0.25) is 4.57 Å². The maximum absolute atomic E-state index is 10.6. The van der Waals surface area contributed by atoms with Gasteiger partial charge in [0.05, 0.1) is 6.10 Å². The molecule has 0 aromatic carbocycles. The molecule has 0 spiro atoms. The molecule has 0 aliphatic carbocycles. The topological polar surface area (TPSA) is 118 Å². The quantitative estimate of drug-likeness (QED) is 0.780. The zero-order valence-corrected chi connectivity index (χ0v) is 13.1. The van der Waals surface area contributed by atoms with E-state index in [2.05, 4.69) is 15.0 Å². The molecule has 2 aromatic heterocycles. The molecule has 0 saturated carbocycles. The van der Waals surface area contributed by atoms with Crippen LogP contribution in [0.1, 0.15) is 38.4 Å². The lowest BCUT2D eigenvalue weighted by Gasteiger charge is -2.25. The summed E-state index contributed by atoms with van der Waals surface area (Å²) >= 11 is 0. The summed E-state index contributed by atoms with van der Waals surface area (Å²) in [4.78, 5) is 12.6. The van der Waals surface area contributed by atoms with Gasteiger partial charge < -0.3 is 25.1 Å². The van der Waals surface area contributed by atoms with Crippen molar-refractivity contribution in [1.29, 1.82) is 0 Å². The van der Waals surface area contributed by atoms with Gasteiger partial charge >= 0.3 is 0 Å². The molecule has 1 fully saturated rings. The van der Waals surface area contributed by atoms with Crippen LogP contribution in [0.4, 0.5) is 5.82 Å². The smallest absolute Gasteiger partial charge is 0.167 e. The number of nitrogens with two attached hydrogens (primary N) is 1. The molecule has 23 heavy (non-hydrogen) atoms. The van der Waals surface area contributed by atoms with Crippen LogP contribution < -0.4 is 5.73 Å². The third kappa shape index (κ3) is 2.12. The largest absolute Gasteiger partial charge is 0.385 e. The number of methoxy groups -OCH3 is 1. The number of hydrogen-bond donors (Lipinski definition) is 2. The summed E-state index contributed by atoms with van der Waals surface area (Å²) in [6.07, 6.45) is -0.350. The second-order valence-corrected chi connectivity index (χ2v) is 6.29. The Morgan fingerprint density at radius 1 is 1.39 bits per heavy atom. The molecule has 0 amide bonds. The van der Waals surface area contributed by atoms with Crippen molar-refractivity contribution in [1.82, 2.24) is 19.5 Å². The van der Waals surface area contributed by atoms with Crippen LogP contribution in [0.2, 0.25) is 0 Å². The van der Waals surface area contributed by atoms with Crippen molar-refractivity contribution in [2.24, 2.45) is 0 Å². The molecule has 1 saturated heterocycles. The Balaban J connectivity index is 1.92. The summed E-state index contributed by atoms with van der Waals surface area (Å²) in [5, 5.41) is 10.6. The molecule has 2 aromatic rings. The van der Waals surface area contributed by atoms with E-state index >= 15 is 0 Å². The fourth-order valence-corrected chi connectivity index (χ4v) is 3.43. The van der Waals surface area contributed by atoms with Crippen molar-refractivity contribution in [3.05, 3.63) is 12.2 Å². The van der Waals surface area contributed by atoms with E-state index in [4.69, 9.17) is 19.9 Å². The molecule has 4 heterocycles. The van der Waals surface area contributed by atoms with Gasteiger partial charge in [-0.1, -0.05) is 0 Å². The summed E-state index contributed by atoms with van der Waals surface area (Å²) in [5.74, 6) is -0.0511. The Labute approximate surface area is 132 Å². The van der Waals surface area contributed by atoms with Gasteiger partial charge in [0.1, 0.15) is 24.4 Å². The van der Waals surface area contributed by atoms with Crippen LogP contribution in [0.3, 0.4) is 0 Å². The van der Waals surface area contributed by atoms with Crippen molar-refractivity contribution < 1.29 is 19.3 Å². The van der Waals surface area contributed by atoms with E-state index in [-0.39, 0.29) is 18.0 Å².